The first-order chi connectivity index (χ1) is 5.41. The van der Waals surface area contributed by atoms with Crippen LogP contribution in [0, 0.1) is 0 Å². The summed E-state index contributed by atoms with van der Waals surface area (Å²) in [7, 11) is -3.10. The molecule has 0 atom stereocenters. The summed E-state index contributed by atoms with van der Waals surface area (Å²) in [6, 6.07) is 1.83. The molecule has 0 bridgehead atoms. The third-order valence-electron chi connectivity index (χ3n) is 1.74. The van der Waals surface area contributed by atoms with E-state index in [9.17, 15) is 8.42 Å². The van der Waals surface area contributed by atoms with E-state index in [1.54, 1.807) is 12.4 Å². The summed E-state index contributed by atoms with van der Waals surface area (Å²) < 4.78 is 23.3. The average molecular weight is 187 g/mol. The van der Waals surface area contributed by atoms with Crippen LogP contribution in [0.1, 0.15) is 25.3 Å². The normalized spacial score (nSPS) is 12.3. The molecule has 3 nitrogen and oxygen atoms in total. The molecule has 0 aromatic carbocycles. The second-order valence-electron chi connectivity index (χ2n) is 3.19. The first-order valence-corrected chi connectivity index (χ1v) is 5.64. The van der Waals surface area contributed by atoms with Crippen LogP contribution in [0.25, 0.3) is 0 Å². The van der Waals surface area contributed by atoms with Gasteiger partial charge in [0, 0.05) is 12.4 Å². The van der Waals surface area contributed by atoms with Crippen molar-refractivity contribution in [1.29, 1.82) is 0 Å². The van der Waals surface area contributed by atoms with Gasteiger partial charge in [-0.05, 0) is 17.5 Å². The van der Waals surface area contributed by atoms with Gasteiger partial charge in [-0.3, -0.25) is 3.97 Å². The Labute approximate surface area is 73.1 Å². The summed E-state index contributed by atoms with van der Waals surface area (Å²) in [5.41, 5.74) is 1.04. The molecule has 0 N–H and O–H groups in total. The SMILES string of the molecule is CC(C)c1ccn(S(C)(=O)=O)c1. The van der Waals surface area contributed by atoms with Crippen LogP contribution in [0.15, 0.2) is 18.5 Å². The lowest BCUT2D eigenvalue weighted by Crippen LogP contribution is -2.06. The second kappa shape index (κ2) is 2.94. The molecule has 1 aromatic rings. The van der Waals surface area contributed by atoms with Crippen molar-refractivity contribution in [2.45, 2.75) is 19.8 Å². The van der Waals surface area contributed by atoms with Crippen molar-refractivity contribution in [2.75, 3.05) is 6.26 Å². The Morgan fingerprint density at radius 1 is 1.42 bits per heavy atom. The predicted octanol–water partition coefficient (Wildman–Crippen LogP) is 1.42. The number of hydrogen-bond donors (Lipinski definition) is 0. The molecular formula is C8H13NO2S. The highest BCUT2D eigenvalue weighted by molar-refractivity contribution is 7.89. The fourth-order valence-electron chi connectivity index (χ4n) is 0.940. The van der Waals surface area contributed by atoms with Gasteiger partial charge in [0.25, 0.3) is 0 Å². The minimum atomic E-state index is -3.10. The third-order valence-corrected chi connectivity index (χ3v) is 2.73. The van der Waals surface area contributed by atoms with E-state index < -0.39 is 10.0 Å². The van der Waals surface area contributed by atoms with Gasteiger partial charge >= 0.3 is 0 Å². The highest BCUT2D eigenvalue weighted by atomic mass is 32.2. The van der Waals surface area contributed by atoms with Crippen molar-refractivity contribution in [3.8, 4) is 0 Å². The lowest BCUT2D eigenvalue weighted by molar-refractivity contribution is 0.593. The fraction of sp³-hybridized carbons (Fsp3) is 0.500. The highest BCUT2D eigenvalue weighted by Gasteiger charge is 2.06. The molecule has 0 spiro atoms. The molecule has 1 aromatic heterocycles. The van der Waals surface area contributed by atoms with Gasteiger partial charge in [-0.15, -0.1) is 0 Å². The summed E-state index contributed by atoms with van der Waals surface area (Å²) in [4.78, 5) is 0. The largest absolute Gasteiger partial charge is 0.253 e. The van der Waals surface area contributed by atoms with Gasteiger partial charge in [0.1, 0.15) is 0 Å². The number of aromatic nitrogens is 1. The van der Waals surface area contributed by atoms with E-state index in [1.165, 1.54) is 10.2 Å². The first-order valence-electron chi connectivity index (χ1n) is 3.79. The van der Waals surface area contributed by atoms with Crippen molar-refractivity contribution in [3.05, 3.63) is 24.0 Å². The Kier molecular flexibility index (Phi) is 2.28. The molecule has 1 rings (SSSR count). The molecule has 0 amide bonds. The molecule has 0 fully saturated rings. The Morgan fingerprint density at radius 2 is 2.00 bits per heavy atom. The summed E-state index contributed by atoms with van der Waals surface area (Å²) in [5.74, 6) is 0.369. The van der Waals surface area contributed by atoms with E-state index in [0.29, 0.717) is 5.92 Å². The van der Waals surface area contributed by atoms with E-state index in [0.717, 1.165) is 5.56 Å². The molecular weight excluding hydrogens is 174 g/mol. The highest BCUT2D eigenvalue weighted by Crippen LogP contribution is 2.14. The molecule has 0 aliphatic rings. The maximum atomic E-state index is 11.0. The molecule has 0 aliphatic heterocycles. The van der Waals surface area contributed by atoms with Crippen LogP contribution < -0.4 is 0 Å². The Hall–Kier alpha value is -0.770. The van der Waals surface area contributed by atoms with Gasteiger partial charge in [-0.25, -0.2) is 8.42 Å². The molecule has 0 saturated carbocycles. The van der Waals surface area contributed by atoms with E-state index in [-0.39, 0.29) is 0 Å². The van der Waals surface area contributed by atoms with Crippen LogP contribution in [0.3, 0.4) is 0 Å². The molecule has 0 aliphatic carbocycles. The van der Waals surface area contributed by atoms with E-state index >= 15 is 0 Å². The van der Waals surface area contributed by atoms with E-state index in [4.69, 9.17) is 0 Å². The molecule has 1 heterocycles. The molecule has 0 unspecified atom stereocenters. The van der Waals surface area contributed by atoms with Gasteiger partial charge in [0.15, 0.2) is 0 Å². The fourth-order valence-corrected chi connectivity index (χ4v) is 1.54. The van der Waals surface area contributed by atoms with Crippen molar-refractivity contribution < 1.29 is 8.42 Å². The quantitative estimate of drug-likeness (QED) is 0.702. The number of nitrogens with zero attached hydrogens (tertiary/aromatic N) is 1. The molecule has 4 heteroatoms. The predicted molar refractivity (Wildman–Crippen MR) is 48.8 cm³/mol. The Morgan fingerprint density at radius 3 is 2.25 bits per heavy atom. The lowest BCUT2D eigenvalue weighted by Gasteiger charge is -1.99. The van der Waals surface area contributed by atoms with E-state index in [1.807, 2.05) is 19.9 Å². The van der Waals surface area contributed by atoms with Crippen molar-refractivity contribution >= 4 is 10.0 Å². The third kappa shape index (κ3) is 1.88. The summed E-state index contributed by atoms with van der Waals surface area (Å²) in [6.07, 6.45) is 4.42. The first kappa shape index (κ1) is 9.32. The zero-order chi connectivity index (χ0) is 9.35. The Bertz CT molecular complexity index is 362. The van der Waals surface area contributed by atoms with Crippen LogP contribution in [0.4, 0.5) is 0 Å². The standard InChI is InChI=1S/C8H13NO2S/c1-7(2)8-4-5-9(6-8)12(3,10)11/h4-7H,1-3H3. The van der Waals surface area contributed by atoms with Crippen LogP contribution in [0.2, 0.25) is 0 Å². The molecule has 12 heavy (non-hydrogen) atoms. The van der Waals surface area contributed by atoms with Crippen LogP contribution in [-0.4, -0.2) is 18.6 Å². The van der Waals surface area contributed by atoms with Crippen LogP contribution in [0.5, 0.6) is 0 Å². The van der Waals surface area contributed by atoms with Crippen molar-refractivity contribution in [3.63, 3.8) is 0 Å². The lowest BCUT2D eigenvalue weighted by atomic mass is 10.1. The van der Waals surface area contributed by atoms with Gasteiger partial charge < -0.3 is 0 Å². The molecule has 0 saturated heterocycles. The second-order valence-corrected chi connectivity index (χ2v) is 5.08. The maximum absolute atomic E-state index is 11.0. The molecule has 68 valence electrons. The minimum Gasteiger partial charge on any atom is -0.253 e. The van der Waals surface area contributed by atoms with Crippen LogP contribution >= 0.6 is 0 Å². The van der Waals surface area contributed by atoms with Gasteiger partial charge in [-0.2, -0.15) is 0 Å². The number of hydrogen-bond acceptors (Lipinski definition) is 2. The minimum absolute atomic E-state index is 0.369. The smallest absolute Gasteiger partial charge is 0.235 e. The van der Waals surface area contributed by atoms with Crippen molar-refractivity contribution in [1.82, 2.24) is 3.97 Å². The number of rotatable bonds is 2. The monoisotopic (exact) mass is 187 g/mol. The van der Waals surface area contributed by atoms with Crippen LogP contribution in [-0.2, 0) is 10.0 Å². The van der Waals surface area contributed by atoms with E-state index in [2.05, 4.69) is 0 Å². The maximum Gasteiger partial charge on any atom is 0.235 e. The zero-order valence-electron chi connectivity index (χ0n) is 7.48. The zero-order valence-corrected chi connectivity index (χ0v) is 8.30. The van der Waals surface area contributed by atoms with Gasteiger partial charge in [0.05, 0.1) is 6.26 Å². The summed E-state index contributed by atoms with van der Waals surface area (Å²) in [6.45, 7) is 4.06. The molecule has 0 radical (unpaired) electrons. The summed E-state index contributed by atoms with van der Waals surface area (Å²) in [5, 5.41) is 0. The topological polar surface area (TPSA) is 39.1 Å². The summed E-state index contributed by atoms with van der Waals surface area (Å²) >= 11 is 0. The average Bonchev–Trinajstić information content (AvgIpc) is 2.30. The van der Waals surface area contributed by atoms with Gasteiger partial charge in [0.2, 0.25) is 10.0 Å². The Balaban J connectivity index is 3.09. The van der Waals surface area contributed by atoms with Gasteiger partial charge in [-0.1, -0.05) is 13.8 Å². The van der Waals surface area contributed by atoms with Crippen molar-refractivity contribution in [2.24, 2.45) is 0 Å².